The Balaban J connectivity index is 0.00000324. The summed E-state index contributed by atoms with van der Waals surface area (Å²) in [5.74, 6) is -0.523. The molecule has 0 aliphatic heterocycles. The fourth-order valence-corrected chi connectivity index (χ4v) is 1.53. The Morgan fingerprint density at radius 2 is 2.21 bits per heavy atom. The van der Waals surface area contributed by atoms with Crippen LogP contribution in [0.5, 0.6) is 0 Å². The minimum absolute atomic E-state index is 0. The Kier molecular flexibility index (Phi) is 7.36. The van der Waals surface area contributed by atoms with Crippen molar-refractivity contribution in [2.24, 2.45) is 5.73 Å². The van der Waals surface area contributed by atoms with Crippen molar-refractivity contribution in [2.75, 3.05) is 6.54 Å². The highest BCUT2D eigenvalue weighted by atomic mass is 35.5. The van der Waals surface area contributed by atoms with Crippen LogP contribution in [-0.2, 0) is 0 Å². The topological polar surface area (TPSA) is 98.3 Å². The van der Waals surface area contributed by atoms with Crippen LogP contribution in [0, 0.1) is 10.1 Å². The zero-order valence-electron chi connectivity index (χ0n) is 10.3. The summed E-state index contributed by atoms with van der Waals surface area (Å²) in [4.78, 5) is 22.0. The Hall–Kier alpha value is -1.37. The fourth-order valence-electron chi connectivity index (χ4n) is 1.36. The molecule has 1 unspecified atom stereocenters. The molecule has 0 fully saturated rings. The Morgan fingerprint density at radius 1 is 1.58 bits per heavy atom. The van der Waals surface area contributed by atoms with Gasteiger partial charge in [0.15, 0.2) is 0 Å². The van der Waals surface area contributed by atoms with Crippen LogP contribution >= 0.6 is 24.0 Å². The van der Waals surface area contributed by atoms with Gasteiger partial charge in [-0.05, 0) is 25.5 Å². The predicted octanol–water partition coefficient (Wildman–Crippen LogP) is 2.14. The molecule has 0 aliphatic carbocycles. The minimum Gasteiger partial charge on any atom is -0.352 e. The van der Waals surface area contributed by atoms with Gasteiger partial charge in [0, 0.05) is 23.7 Å². The van der Waals surface area contributed by atoms with Gasteiger partial charge in [-0.2, -0.15) is 0 Å². The number of carbonyl (C=O) groups excluding carboxylic acids is 1. The molecule has 1 rings (SSSR count). The highest BCUT2D eigenvalue weighted by molar-refractivity contribution is 6.31. The number of halogens is 2. The first-order chi connectivity index (χ1) is 8.41. The van der Waals surface area contributed by atoms with Crippen LogP contribution in [0.3, 0.4) is 0 Å². The summed E-state index contributed by atoms with van der Waals surface area (Å²) >= 11 is 5.73. The number of nitrogens with one attached hydrogen (secondary N) is 1. The number of hydrogen-bond acceptors (Lipinski definition) is 4. The molecule has 0 bridgehead atoms. The molecule has 1 aromatic carbocycles. The van der Waals surface area contributed by atoms with Gasteiger partial charge in [0.05, 0.1) is 4.92 Å². The van der Waals surface area contributed by atoms with E-state index in [4.69, 9.17) is 17.3 Å². The summed E-state index contributed by atoms with van der Waals surface area (Å²) < 4.78 is 0. The summed E-state index contributed by atoms with van der Waals surface area (Å²) in [6.07, 6.45) is 0.597. The van der Waals surface area contributed by atoms with Gasteiger partial charge in [-0.15, -0.1) is 12.4 Å². The highest BCUT2D eigenvalue weighted by Crippen LogP contribution is 2.22. The number of amides is 1. The maximum atomic E-state index is 11.8. The van der Waals surface area contributed by atoms with Crippen LogP contribution in [0.4, 0.5) is 5.69 Å². The van der Waals surface area contributed by atoms with E-state index in [9.17, 15) is 14.9 Å². The number of nitrogens with two attached hydrogens (primary N) is 1. The Morgan fingerprint density at radius 3 is 2.74 bits per heavy atom. The molecule has 1 aromatic rings. The molecule has 6 nitrogen and oxygen atoms in total. The molecule has 0 aromatic heterocycles. The molecule has 0 saturated heterocycles. The second-order valence-electron chi connectivity index (χ2n) is 3.94. The molecule has 1 amide bonds. The molecule has 0 radical (unpaired) electrons. The lowest BCUT2D eigenvalue weighted by atomic mass is 10.1. The number of benzene rings is 1. The van der Waals surface area contributed by atoms with E-state index in [-0.39, 0.29) is 34.7 Å². The van der Waals surface area contributed by atoms with E-state index in [0.717, 1.165) is 0 Å². The summed E-state index contributed by atoms with van der Waals surface area (Å²) in [7, 11) is 0. The second kappa shape index (κ2) is 7.93. The summed E-state index contributed by atoms with van der Waals surface area (Å²) in [6, 6.07) is 3.82. The molecule has 3 N–H and O–H groups in total. The van der Waals surface area contributed by atoms with E-state index in [1.165, 1.54) is 18.2 Å². The van der Waals surface area contributed by atoms with Crippen LogP contribution < -0.4 is 11.1 Å². The SMILES string of the molecule is CC(N)CCNC(=O)c1cc(Cl)ccc1[N+](=O)[O-].Cl. The van der Waals surface area contributed by atoms with Crippen LogP contribution in [0.2, 0.25) is 5.02 Å². The van der Waals surface area contributed by atoms with Crippen LogP contribution in [0.1, 0.15) is 23.7 Å². The van der Waals surface area contributed by atoms with E-state index < -0.39 is 10.8 Å². The standard InChI is InChI=1S/C11H14ClN3O3.ClH/c1-7(13)4-5-14-11(16)9-6-8(12)2-3-10(9)15(17)18;/h2-3,6-7H,4-5,13H2,1H3,(H,14,16);1H. The lowest BCUT2D eigenvalue weighted by Gasteiger charge is -2.07. The van der Waals surface area contributed by atoms with Gasteiger partial charge in [-0.3, -0.25) is 14.9 Å². The average molecular weight is 308 g/mol. The van der Waals surface area contributed by atoms with Crippen molar-refractivity contribution in [3.05, 3.63) is 38.9 Å². The van der Waals surface area contributed by atoms with Crippen molar-refractivity contribution in [3.63, 3.8) is 0 Å². The summed E-state index contributed by atoms with van der Waals surface area (Å²) in [5.41, 5.74) is 5.23. The van der Waals surface area contributed by atoms with Crippen molar-refractivity contribution in [2.45, 2.75) is 19.4 Å². The van der Waals surface area contributed by atoms with E-state index in [0.29, 0.717) is 13.0 Å². The van der Waals surface area contributed by atoms with E-state index >= 15 is 0 Å². The number of carbonyl (C=O) groups is 1. The third kappa shape index (κ3) is 5.42. The zero-order valence-corrected chi connectivity index (χ0v) is 11.8. The predicted molar refractivity (Wildman–Crippen MR) is 76.0 cm³/mol. The molecular formula is C11H15Cl2N3O3. The van der Waals surface area contributed by atoms with Crippen molar-refractivity contribution in [1.82, 2.24) is 5.32 Å². The average Bonchev–Trinajstić information content (AvgIpc) is 2.27. The molecule has 1 atom stereocenters. The van der Waals surface area contributed by atoms with E-state index in [1.807, 2.05) is 6.92 Å². The third-order valence-corrected chi connectivity index (χ3v) is 2.52. The summed E-state index contributed by atoms with van der Waals surface area (Å²) in [5, 5.41) is 13.6. The number of hydrogen-bond donors (Lipinski definition) is 2. The van der Waals surface area contributed by atoms with Crippen LogP contribution in [0.15, 0.2) is 18.2 Å². The maximum absolute atomic E-state index is 11.8. The molecule has 106 valence electrons. The lowest BCUT2D eigenvalue weighted by molar-refractivity contribution is -0.385. The van der Waals surface area contributed by atoms with Crippen LogP contribution in [0.25, 0.3) is 0 Å². The maximum Gasteiger partial charge on any atom is 0.282 e. The van der Waals surface area contributed by atoms with Gasteiger partial charge in [0.2, 0.25) is 0 Å². The lowest BCUT2D eigenvalue weighted by Crippen LogP contribution is -2.29. The van der Waals surface area contributed by atoms with Gasteiger partial charge in [-0.25, -0.2) is 0 Å². The third-order valence-electron chi connectivity index (χ3n) is 2.29. The molecule has 0 spiro atoms. The molecular weight excluding hydrogens is 293 g/mol. The first kappa shape index (κ1) is 17.6. The Labute approximate surface area is 121 Å². The van der Waals surface area contributed by atoms with Gasteiger partial charge >= 0.3 is 0 Å². The zero-order chi connectivity index (χ0) is 13.7. The second-order valence-corrected chi connectivity index (χ2v) is 4.38. The largest absolute Gasteiger partial charge is 0.352 e. The van der Waals surface area contributed by atoms with Crippen molar-refractivity contribution >= 4 is 35.6 Å². The number of nitro benzene ring substituents is 1. The first-order valence-electron chi connectivity index (χ1n) is 5.39. The van der Waals surface area contributed by atoms with E-state index in [1.54, 1.807) is 0 Å². The van der Waals surface area contributed by atoms with Crippen LogP contribution in [-0.4, -0.2) is 23.4 Å². The van der Waals surface area contributed by atoms with Crippen molar-refractivity contribution in [1.29, 1.82) is 0 Å². The van der Waals surface area contributed by atoms with Gasteiger partial charge in [0.25, 0.3) is 11.6 Å². The normalized spacial score (nSPS) is 11.3. The van der Waals surface area contributed by atoms with Gasteiger partial charge < -0.3 is 11.1 Å². The molecule has 0 aliphatic rings. The smallest absolute Gasteiger partial charge is 0.282 e. The molecule has 0 saturated carbocycles. The molecule has 19 heavy (non-hydrogen) atoms. The molecule has 8 heteroatoms. The minimum atomic E-state index is -0.614. The van der Waals surface area contributed by atoms with E-state index in [2.05, 4.69) is 5.32 Å². The monoisotopic (exact) mass is 307 g/mol. The number of nitro groups is 1. The Bertz CT molecular complexity index is 466. The number of nitrogens with zero attached hydrogens (tertiary/aromatic N) is 1. The quantitative estimate of drug-likeness (QED) is 0.643. The molecule has 0 heterocycles. The number of rotatable bonds is 5. The fraction of sp³-hybridized carbons (Fsp3) is 0.364. The van der Waals surface area contributed by atoms with Crippen molar-refractivity contribution in [3.8, 4) is 0 Å². The van der Waals surface area contributed by atoms with Gasteiger partial charge in [-0.1, -0.05) is 11.6 Å². The highest BCUT2D eigenvalue weighted by Gasteiger charge is 2.20. The first-order valence-corrected chi connectivity index (χ1v) is 5.77. The van der Waals surface area contributed by atoms with Crippen molar-refractivity contribution < 1.29 is 9.72 Å². The summed E-state index contributed by atoms with van der Waals surface area (Å²) in [6.45, 7) is 2.17. The van der Waals surface area contributed by atoms with Gasteiger partial charge in [0.1, 0.15) is 5.56 Å².